The maximum absolute atomic E-state index is 11.7. The third-order valence-electron chi connectivity index (χ3n) is 2.31. The van der Waals surface area contributed by atoms with Gasteiger partial charge in [-0.25, -0.2) is 9.59 Å². The second kappa shape index (κ2) is 7.79. The summed E-state index contributed by atoms with van der Waals surface area (Å²) in [6, 6.07) is 7.77. The molecular weight excluding hydrogens is 300 g/mol. The van der Waals surface area contributed by atoms with Crippen LogP contribution in [0.2, 0.25) is 0 Å². The summed E-state index contributed by atoms with van der Waals surface area (Å²) in [5.74, 6) is -0.826. The van der Waals surface area contributed by atoms with Gasteiger partial charge in [-0.2, -0.15) is 5.26 Å². The van der Waals surface area contributed by atoms with Crippen LogP contribution in [0, 0.1) is 11.3 Å². The number of carbonyl (C=O) groups excluding carboxylic acids is 2. The Balaban J connectivity index is 2.48. The van der Waals surface area contributed by atoms with Crippen LogP contribution in [0.5, 0.6) is 0 Å². The lowest BCUT2D eigenvalue weighted by Gasteiger charge is -2.19. The summed E-state index contributed by atoms with van der Waals surface area (Å²) < 4.78 is 5.01. The Hall–Kier alpha value is -3.08. The van der Waals surface area contributed by atoms with Crippen molar-refractivity contribution >= 4 is 17.9 Å². The van der Waals surface area contributed by atoms with Gasteiger partial charge in [-0.1, -0.05) is 5.16 Å². The van der Waals surface area contributed by atoms with Gasteiger partial charge in [0.15, 0.2) is 5.84 Å². The molecule has 0 spiro atoms. The summed E-state index contributed by atoms with van der Waals surface area (Å²) in [6.45, 7) is 5.05. The van der Waals surface area contributed by atoms with Crippen LogP contribution in [0.15, 0.2) is 29.4 Å². The Morgan fingerprint density at radius 1 is 1.30 bits per heavy atom. The highest BCUT2D eigenvalue weighted by Gasteiger charge is 2.16. The summed E-state index contributed by atoms with van der Waals surface area (Å²) in [7, 11) is 0. The molecule has 8 nitrogen and oxygen atoms in total. The molecule has 0 fully saturated rings. The van der Waals surface area contributed by atoms with Gasteiger partial charge >= 0.3 is 12.1 Å². The minimum atomic E-state index is -0.727. The first-order chi connectivity index (χ1) is 10.7. The third-order valence-corrected chi connectivity index (χ3v) is 2.31. The van der Waals surface area contributed by atoms with Gasteiger partial charge in [0.25, 0.3) is 0 Å². The molecule has 0 saturated heterocycles. The van der Waals surface area contributed by atoms with Gasteiger partial charge in [-0.05, 0) is 45.0 Å². The number of carbonyl (C=O) groups is 2. The number of amides is 1. The Morgan fingerprint density at radius 2 is 1.91 bits per heavy atom. The van der Waals surface area contributed by atoms with Gasteiger partial charge in [0.1, 0.15) is 5.60 Å². The number of hydrogen-bond donors (Lipinski definition) is 2. The Bertz CT molecular complexity index is 639. The predicted molar refractivity (Wildman–Crippen MR) is 82.4 cm³/mol. The van der Waals surface area contributed by atoms with Gasteiger partial charge in [0.2, 0.25) is 0 Å². The number of nitriles is 1. The topological polar surface area (TPSA) is 127 Å². The molecule has 3 N–H and O–H groups in total. The van der Waals surface area contributed by atoms with Crippen LogP contribution in [0.25, 0.3) is 0 Å². The summed E-state index contributed by atoms with van der Waals surface area (Å²) >= 11 is 0. The van der Waals surface area contributed by atoms with Crippen LogP contribution < -0.4 is 11.1 Å². The standard InChI is InChI=1S/C15H18N4O4/c1-15(2,3)22-14(21)18-9-12(17)19-23-13(20)11-6-4-10(8-16)5-7-11/h4-7H,9H2,1-3H3,(H2,17,19)(H,18,21). The van der Waals surface area contributed by atoms with Crippen LogP contribution >= 0.6 is 0 Å². The quantitative estimate of drug-likeness (QED) is 0.375. The van der Waals surface area contributed by atoms with Gasteiger partial charge in [-0.15, -0.1) is 0 Å². The van der Waals surface area contributed by atoms with E-state index in [0.717, 1.165) is 0 Å². The molecule has 1 amide bonds. The van der Waals surface area contributed by atoms with Gasteiger partial charge in [-0.3, -0.25) is 0 Å². The molecule has 0 saturated carbocycles. The molecule has 8 heteroatoms. The lowest BCUT2D eigenvalue weighted by atomic mass is 10.1. The fourth-order valence-corrected chi connectivity index (χ4v) is 1.34. The number of alkyl carbamates (subject to hydrolysis) is 1. The lowest BCUT2D eigenvalue weighted by molar-refractivity contribution is 0.0514. The van der Waals surface area contributed by atoms with Gasteiger partial charge in [0, 0.05) is 0 Å². The first-order valence-corrected chi connectivity index (χ1v) is 6.72. The Morgan fingerprint density at radius 3 is 2.43 bits per heavy atom. The van der Waals surface area contributed by atoms with Crippen LogP contribution in [-0.4, -0.2) is 30.0 Å². The Labute approximate surface area is 133 Å². The molecule has 0 radical (unpaired) electrons. The van der Waals surface area contributed by atoms with E-state index in [1.165, 1.54) is 24.3 Å². The summed E-state index contributed by atoms with van der Waals surface area (Å²) in [6.07, 6.45) is -0.658. The fourth-order valence-electron chi connectivity index (χ4n) is 1.34. The minimum absolute atomic E-state index is 0.0992. The molecule has 0 aromatic heterocycles. The predicted octanol–water partition coefficient (Wildman–Crippen LogP) is 1.51. The maximum atomic E-state index is 11.7. The van der Waals surface area contributed by atoms with E-state index < -0.39 is 17.7 Å². The number of oxime groups is 1. The van der Waals surface area contributed by atoms with E-state index in [1.54, 1.807) is 20.8 Å². The first-order valence-electron chi connectivity index (χ1n) is 6.72. The molecule has 1 rings (SSSR count). The first kappa shape index (κ1) is 18.0. The molecule has 0 atom stereocenters. The van der Waals surface area contributed by atoms with Crippen LogP contribution in [-0.2, 0) is 9.57 Å². The normalized spacial score (nSPS) is 11.3. The minimum Gasteiger partial charge on any atom is -0.444 e. The van der Waals surface area contributed by atoms with E-state index in [9.17, 15) is 9.59 Å². The monoisotopic (exact) mass is 318 g/mol. The summed E-state index contributed by atoms with van der Waals surface area (Å²) in [5, 5.41) is 14.5. The molecule has 0 bridgehead atoms. The van der Waals surface area contributed by atoms with E-state index in [4.69, 9.17) is 15.7 Å². The fraction of sp³-hybridized carbons (Fsp3) is 0.333. The summed E-state index contributed by atoms with van der Waals surface area (Å²) in [4.78, 5) is 27.7. The zero-order valence-electron chi connectivity index (χ0n) is 13.1. The van der Waals surface area contributed by atoms with E-state index in [0.29, 0.717) is 5.56 Å². The highest BCUT2D eigenvalue weighted by atomic mass is 16.7. The van der Waals surface area contributed by atoms with E-state index in [1.807, 2.05) is 6.07 Å². The summed E-state index contributed by atoms with van der Waals surface area (Å²) in [5.41, 5.74) is 5.54. The molecule has 0 unspecified atom stereocenters. The van der Waals surface area contributed by atoms with Crippen LogP contribution in [0.3, 0.4) is 0 Å². The number of hydrogen-bond acceptors (Lipinski definition) is 6. The second-order valence-corrected chi connectivity index (χ2v) is 5.51. The number of nitrogens with one attached hydrogen (secondary N) is 1. The molecule has 0 aliphatic rings. The number of nitrogens with zero attached hydrogens (tertiary/aromatic N) is 2. The molecule has 1 aromatic rings. The lowest BCUT2D eigenvalue weighted by Crippen LogP contribution is -2.37. The number of amidine groups is 1. The van der Waals surface area contributed by atoms with E-state index >= 15 is 0 Å². The van der Waals surface area contributed by atoms with Crippen molar-refractivity contribution in [2.24, 2.45) is 10.9 Å². The average Bonchev–Trinajstić information content (AvgIpc) is 2.49. The number of benzene rings is 1. The van der Waals surface area contributed by atoms with Crippen molar-refractivity contribution < 1.29 is 19.2 Å². The molecular formula is C15H18N4O4. The van der Waals surface area contributed by atoms with Crippen molar-refractivity contribution in [2.45, 2.75) is 26.4 Å². The molecule has 1 aromatic carbocycles. The number of ether oxygens (including phenoxy) is 1. The van der Waals surface area contributed by atoms with Crippen molar-refractivity contribution in [3.63, 3.8) is 0 Å². The molecule has 122 valence electrons. The SMILES string of the molecule is CC(C)(C)OC(=O)NC/C(N)=N\OC(=O)c1ccc(C#N)cc1. The zero-order valence-corrected chi connectivity index (χ0v) is 13.1. The van der Waals surface area contributed by atoms with Crippen molar-refractivity contribution in [1.82, 2.24) is 5.32 Å². The second-order valence-electron chi connectivity index (χ2n) is 5.51. The third kappa shape index (κ3) is 6.95. The molecule has 0 aliphatic heterocycles. The molecule has 23 heavy (non-hydrogen) atoms. The van der Waals surface area contributed by atoms with Crippen molar-refractivity contribution in [3.8, 4) is 6.07 Å². The largest absolute Gasteiger partial charge is 0.444 e. The van der Waals surface area contributed by atoms with Crippen LogP contribution in [0.4, 0.5) is 4.79 Å². The van der Waals surface area contributed by atoms with Crippen molar-refractivity contribution in [3.05, 3.63) is 35.4 Å². The number of rotatable bonds is 4. The zero-order chi connectivity index (χ0) is 17.5. The Kier molecular flexibility index (Phi) is 6.09. The van der Waals surface area contributed by atoms with Crippen molar-refractivity contribution in [2.75, 3.05) is 6.54 Å². The van der Waals surface area contributed by atoms with Gasteiger partial charge < -0.3 is 20.6 Å². The van der Waals surface area contributed by atoms with Crippen LogP contribution in [0.1, 0.15) is 36.7 Å². The number of nitrogens with two attached hydrogens (primary N) is 1. The van der Waals surface area contributed by atoms with Gasteiger partial charge in [0.05, 0.1) is 23.7 Å². The average molecular weight is 318 g/mol. The smallest absolute Gasteiger partial charge is 0.408 e. The van der Waals surface area contributed by atoms with Crippen molar-refractivity contribution in [1.29, 1.82) is 5.26 Å². The molecule has 0 aliphatic carbocycles. The van der Waals surface area contributed by atoms with E-state index in [2.05, 4.69) is 15.3 Å². The highest BCUT2D eigenvalue weighted by molar-refractivity contribution is 5.91. The molecule has 0 heterocycles. The van der Waals surface area contributed by atoms with E-state index in [-0.39, 0.29) is 17.9 Å². The maximum Gasteiger partial charge on any atom is 0.408 e. The highest BCUT2D eigenvalue weighted by Crippen LogP contribution is 2.06.